The van der Waals surface area contributed by atoms with Gasteiger partial charge in [-0.05, 0) is 53.6 Å². The minimum atomic E-state index is -1.17. The highest BCUT2D eigenvalue weighted by Crippen LogP contribution is 2.30. The smallest absolute Gasteiger partial charge is 0.371 e. The van der Waals surface area contributed by atoms with Crippen LogP contribution in [0.15, 0.2) is 58.6 Å². The molecule has 2 N–H and O–H groups in total. The summed E-state index contributed by atoms with van der Waals surface area (Å²) in [5, 5.41) is 12.2. The van der Waals surface area contributed by atoms with Crippen LogP contribution in [0.2, 0.25) is 10.0 Å². The molecule has 180 valence electrons. The predicted molar refractivity (Wildman–Crippen MR) is 127 cm³/mol. The Morgan fingerprint density at radius 2 is 1.89 bits per heavy atom. The molecule has 2 aromatic carbocycles. The van der Waals surface area contributed by atoms with Gasteiger partial charge in [-0.15, -0.1) is 0 Å². The van der Waals surface area contributed by atoms with Gasteiger partial charge in [0, 0.05) is 0 Å². The number of imide groups is 1. The van der Waals surface area contributed by atoms with Gasteiger partial charge in [-0.3, -0.25) is 9.69 Å². The maximum atomic E-state index is 12.8. The topological polar surface area (TPSA) is 118 Å². The number of urea groups is 1. The number of hydrogen-bond donors (Lipinski definition) is 2. The Morgan fingerprint density at radius 3 is 2.57 bits per heavy atom. The number of hydrogen-bond acceptors (Lipinski definition) is 6. The van der Waals surface area contributed by atoms with Crippen LogP contribution in [0.3, 0.4) is 0 Å². The van der Waals surface area contributed by atoms with Crippen LogP contribution in [0.25, 0.3) is 6.08 Å². The number of carbonyl (C=O) groups is 3. The summed E-state index contributed by atoms with van der Waals surface area (Å²) >= 11 is 11.9. The number of nitrogens with one attached hydrogen (secondary N) is 1. The minimum Gasteiger partial charge on any atom is -0.493 e. The Morgan fingerprint density at radius 1 is 1.09 bits per heavy atom. The molecule has 1 aromatic heterocycles. The maximum absolute atomic E-state index is 12.8. The maximum Gasteiger partial charge on any atom is 0.371 e. The van der Waals surface area contributed by atoms with Crippen molar-refractivity contribution in [2.24, 2.45) is 0 Å². The molecule has 0 atom stereocenters. The number of carboxylic acid groups (broad SMARTS) is 1. The summed E-state index contributed by atoms with van der Waals surface area (Å²) in [6, 6.07) is 12.1. The van der Waals surface area contributed by atoms with E-state index >= 15 is 0 Å². The molecule has 9 nitrogen and oxygen atoms in total. The van der Waals surface area contributed by atoms with Gasteiger partial charge in [-0.2, -0.15) is 0 Å². The highest BCUT2D eigenvalue weighted by molar-refractivity contribution is 6.42. The van der Waals surface area contributed by atoms with Crippen LogP contribution in [0.5, 0.6) is 11.5 Å². The molecular formula is C24H18Cl2N2O7. The number of methoxy groups -OCH3 is 1. The molecular weight excluding hydrogens is 499 g/mol. The monoisotopic (exact) mass is 516 g/mol. The van der Waals surface area contributed by atoms with Crippen LogP contribution in [0, 0.1) is 0 Å². The third-order valence-corrected chi connectivity index (χ3v) is 5.77. The largest absolute Gasteiger partial charge is 0.493 e. The zero-order chi connectivity index (χ0) is 25.1. The Bertz CT molecular complexity index is 1350. The number of ether oxygens (including phenoxy) is 2. The predicted octanol–water partition coefficient (Wildman–Crippen LogP) is 4.97. The SMILES string of the molecule is COc1cc(/C=C2\NC(=O)N(Cc3ccc(Cl)c(Cl)c3)C2=O)ccc1OCc1ccc(C(=O)O)o1. The van der Waals surface area contributed by atoms with Crippen molar-refractivity contribution in [1.82, 2.24) is 10.2 Å². The highest BCUT2D eigenvalue weighted by atomic mass is 35.5. The minimum absolute atomic E-state index is 0.0116. The van der Waals surface area contributed by atoms with Gasteiger partial charge < -0.3 is 24.3 Å². The second-order valence-electron chi connectivity index (χ2n) is 7.40. The fourth-order valence-electron chi connectivity index (χ4n) is 3.31. The first-order chi connectivity index (χ1) is 16.7. The van der Waals surface area contributed by atoms with E-state index in [0.717, 1.165) is 4.90 Å². The van der Waals surface area contributed by atoms with Crippen LogP contribution in [0.1, 0.15) is 27.4 Å². The van der Waals surface area contributed by atoms with Crippen LogP contribution < -0.4 is 14.8 Å². The Balaban J connectivity index is 1.47. The lowest BCUT2D eigenvalue weighted by molar-refractivity contribution is -0.123. The molecule has 3 amide bonds. The van der Waals surface area contributed by atoms with Gasteiger partial charge in [0.1, 0.15) is 18.1 Å². The molecule has 0 saturated carbocycles. The third-order valence-electron chi connectivity index (χ3n) is 5.03. The van der Waals surface area contributed by atoms with Crippen LogP contribution in [0.4, 0.5) is 4.79 Å². The third kappa shape index (κ3) is 5.42. The van der Waals surface area contributed by atoms with Gasteiger partial charge in [0.05, 0.1) is 23.7 Å². The van der Waals surface area contributed by atoms with Crippen molar-refractivity contribution in [2.75, 3.05) is 7.11 Å². The van der Waals surface area contributed by atoms with E-state index in [0.29, 0.717) is 38.4 Å². The van der Waals surface area contributed by atoms with E-state index in [1.54, 1.807) is 36.4 Å². The molecule has 0 radical (unpaired) electrons. The zero-order valence-electron chi connectivity index (χ0n) is 18.2. The molecule has 1 aliphatic heterocycles. The summed E-state index contributed by atoms with van der Waals surface area (Å²) in [7, 11) is 1.45. The number of nitrogens with zero attached hydrogens (tertiary/aromatic N) is 1. The molecule has 0 aliphatic carbocycles. The first kappa shape index (κ1) is 24.2. The fourth-order valence-corrected chi connectivity index (χ4v) is 3.64. The fraction of sp³-hybridized carbons (Fsp3) is 0.125. The standard InChI is InChI=1S/C24H18Cl2N2O7/c1-33-21-10-13(3-6-19(21)34-12-15-4-7-20(35-15)23(30)31)9-18-22(29)28(24(32)27-18)11-14-2-5-16(25)17(26)8-14/h2-10H,11-12H2,1H3,(H,27,32)(H,30,31)/b18-9-. The van der Waals surface area contributed by atoms with Crippen LogP contribution in [-0.2, 0) is 17.9 Å². The number of halogens is 2. The van der Waals surface area contributed by atoms with Gasteiger partial charge in [-0.25, -0.2) is 9.59 Å². The van der Waals surface area contributed by atoms with Gasteiger partial charge in [0.2, 0.25) is 5.76 Å². The van der Waals surface area contributed by atoms with Gasteiger partial charge in [0.25, 0.3) is 5.91 Å². The van der Waals surface area contributed by atoms with Gasteiger partial charge >= 0.3 is 12.0 Å². The first-order valence-corrected chi connectivity index (χ1v) is 10.9. The summed E-state index contributed by atoms with van der Waals surface area (Å²) < 4.78 is 16.2. The Kier molecular flexibility index (Phi) is 6.99. The highest BCUT2D eigenvalue weighted by Gasteiger charge is 2.33. The first-order valence-electron chi connectivity index (χ1n) is 10.2. The Hall–Kier alpha value is -3.95. The summed E-state index contributed by atoms with van der Waals surface area (Å²) in [6.45, 7) is 0.0215. The van der Waals surface area contributed by atoms with Crippen molar-refractivity contribution in [3.05, 3.63) is 86.9 Å². The van der Waals surface area contributed by atoms with E-state index in [1.807, 2.05) is 0 Å². The lowest BCUT2D eigenvalue weighted by Crippen LogP contribution is -2.30. The average Bonchev–Trinajstić information content (AvgIpc) is 3.41. The number of amides is 3. The average molecular weight is 517 g/mol. The van der Waals surface area contributed by atoms with Crippen molar-refractivity contribution in [3.8, 4) is 11.5 Å². The normalized spacial score (nSPS) is 14.4. The quantitative estimate of drug-likeness (QED) is 0.320. The zero-order valence-corrected chi connectivity index (χ0v) is 19.7. The summed E-state index contributed by atoms with van der Waals surface area (Å²) in [5.41, 5.74) is 1.34. The van der Waals surface area contributed by atoms with E-state index in [-0.39, 0.29) is 24.6 Å². The van der Waals surface area contributed by atoms with Crippen LogP contribution in [-0.4, -0.2) is 35.0 Å². The van der Waals surface area contributed by atoms with Crippen molar-refractivity contribution < 1.29 is 33.4 Å². The molecule has 11 heteroatoms. The second kappa shape index (κ2) is 10.1. The molecule has 35 heavy (non-hydrogen) atoms. The second-order valence-corrected chi connectivity index (χ2v) is 8.21. The number of furan rings is 1. The molecule has 0 bridgehead atoms. The molecule has 4 rings (SSSR count). The van der Waals surface area contributed by atoms with E-state index in [2.05, 4.69) is 5.32 Å². The van der Waals surface area contributed by atoms with E-state index in [1.165, 1.54) is 25.3 Å². The van der Waals surface area contributed by atoms with Crippen LogP contribution >= 0.6 is 23.2 Å². The van der Waals surface area contributed by atoms with Crippen molar-refractivity contribution in [2.45, 2.75) is 13.2 Å². The number of benzene rings is 2. The summed E-state index contributed by atoms with van der Waals surface area (Å²) in [5.74, 6) is -0.770. The molecule has 3 aromatic rings. The Labute approximate surface area is 209 Å². The van der Waals surface area contributed by atoms with Crippen molar-refractivity contribution in [1.29, 1.82) is 0 Å². The molecule has 1 aliphatic rings. The van der Waals surface area contributed by atoms with Gasteiger partial charge in [0.15, 0.2) is 11.5 Å². The molecule has 2 heterocycles. The van der Waals surface area contributed by atoms with E-state index in [4.69, 9.17) is 42.2 Å². The summed E-state index contributed by atoms with van der Waals surface area (Å²) in [4.78, 5) is 37.2. The summed E-state index contributed by atoms with van der Waals surface area (Å²) in [6.07, 6.45) is 1.52. The molecule has 0 spiro atoms. The van der Waals surface area contributed by atoms with Crippen molar-refractivity contribution >= 4 is 47.2 Å². The van der Waals surface area contributed by atoms with Gasteiger partial charge in [-0.1, -0.05) is 35.3 Å². The lowest BCUT2D eigenvalue weighted by atomic mass is 10.1. The van der Waals surface area contributed by atoms with E-state index in [9.17, 15) is 14.4 Å². The number of carboxylic acids is 1. The van der Waals surface area contributed by atoms with Crippen molar-refractivity contribution in [3.63, 3.8) is 0 Å². The number of carbonyl (C=O) groups excluding carboxylic acids is 2. The lowest BCUT2D eigenvalue weighted by Gasteiger charge is -2.12. The molecule has 0 unspecified atom stereocenters. The van der Waals surface area contributed by atoms with E-state index < -0.39 is 17.9 Å². The molecule has 1 fully saturated rings. The number of aromatic carboxylic acids is 1. The molecule has 1 saturated heterocycles. The number of rotatable bonds is 8.